The summed E-state index contributed by atoms with van der Waals surface area (Å²) >= 11 is 0. The lowest BCUT2D eigenvalue weighted by Crippen LogP contribution is -2.42. The number of amides is 2. The van der Waals surface area contributed by atoms with Crippen LogP contribution in [-0.4, -0.2) is 59.4 Å². The summed E-state index contributed by atoms with van der Waals surface area (Å²) in [6.07, 6.45) is 7.37. The predicted octanol–water partition coefficient (Wildman–Crippen LogP) is 1.13. The van der Waals surface area contributed by atoms with Gasteiger partial charge in [0.15, 0.2) is 0 Å². The van der Waals surface area contributed by atoms with Crippen LogP contribution in [0.15, 0.2) is 0 Å². The van der Waals surface area contributed by atoms with Crippen molar-refractivity contribution in [3.8, 4) is 0 Å². The normalized spacial score (nSPS) is 31.2. The van der Waals surface area contributed by atoms with Crippen LogP contribution < -0.4 is 5.32 Å². The van der Waals surface area contributed by atoms with Gasteiger partial charge in [-0.3, -0.25) is 14.5 Å². The summed E-state index contributed by atoms with van der Waals surface area (Å²) in [5, 5.41) is 3.29. The molecule has 1 saturated carbocycles. The van der Waals surface area contributed by atoms with Crippen LogP contribution in [0.1, 0.15) is 51.9 Å². The number of nitrogens with zero attached hydrogens (tertiary/aromatic N) is 2. The Morgan fingerprint density at radius 3 is 2.71 bits per heavy atom. The second-order valence-corrected chi connectivity index (χ2v) is 6.78. The van der Waals surface area contributed by atoms with Gasteiger partial charge in [-0.05, 0) is 58.7 Å². The molecule has 2 saturated heterocycles. The minimum absolute atomic E-state index is 0.00819. The van der Waals surface area contributed by atoms with Crippen molar-refractivity contribution in [2.45, 2.75) is 70.0 Å². The molecule has 118 valence electrons. The number of hydrogen-bond donors (Lipinski definition) is 1. The van der Waals surface area contributed by atoms with Crippen LogP contribution in [0.4, 0.5) is 0 Å². The third kappa shape index (κ3) is 3.46. The van der Waals surface area contributed by atoms with Gasteiger partial charge in [-0.15, -0.1) is 0 Å². The number of imide groups is 1. The number of likely N-dealkylation sites (tertiary alicyclic amines) is 2. The van der Waals surface area contributed by atoms with Gasteiger partial charge in [0, 0.05) is 12.1 Å². The summed E-state index contributed by atoms with van der Waals surface area (Å²) in [6.45, 7) is 5.43. The highest BCUT2D eigenvalue weighted by molar-refractivity contribution is 6.06. The minimum Gasteiger partial charge on any atom is -0.305 e. The molecule has 0 bridgehead atoms. The maximum atomic E-state index is 12.2. The molecule has 0 aromatic rings. The van der Waals surface area contributed by atoms with Crippen LogP contribution in [0.2, 0.25) is 0 Å². The SMILES string of the molecule is CC1CCCCN1CCCNC1CC(=O)N(C2CC2)C1=O. The highest BCUT2D eigenvalue weighted by atomic mass is 16.2. The predicted molar refractivity (Wildman–Crippen MR) is 80.8 cm³/mol. The van der Waals surface area contributed by atoms with E-state index in [0.29, 0.717) is 12.5 Å². The molecule has 2 atom stereocenters. The summed E-state index contributed by atoms with van der Waals surface area (Å²) in [5.41, 5.74) is 0. The number of rotatable bonds is 6. The van der Waals surface area contributed by atoms with E-state index in [9.17, 15) is 9.59 Å². The van der Waals surface area contributed by atoms with E-state index in [0.717, 1.165) is 32.4 Å². The first kappa shape index (κ1) is 15.0. The maximum Gasteiger partial charge on any atom is 0.247 e. The average Bonchev–Trinajstić information content (AvgIpc) is 3.24. The van der Waals surface area contributed by atoms with E-state index < -0.39 is 0 Å². The van der Waals surface area contributed by atoms with Crippen molar-refractivity contribution in [3.63, 3.8) is 0 Å². The molecule has 3 fully saturated rings. The van der Waals surface area contributed by atoms with Gasteiger partial charge in [-0.2, -0.15) is 0 Å². The number of nitrogens with one attached hydrogen (secondary N) is 1. The molecule has 2 amide bonds. The fourth-order valence-corrected chi connectivity index (χ4v) is 3.58. The Balaban J connectivity index is 1.37. The number of piperidine rings is 1. The highest BCUT2D eigenvalue weighted by Crippen LogP contribution is 2.31. The largest absolute Gasteiger partial charge is 0.305 e. The summed E-state index contributed by atoms with van der Waals surface area (Å²) in [7, 11) is 0. The van der Waals surface area contributed by atoms with Gasteiger partial charge in [0.1, 0.15) is 0 Å². The zero-order valence-corrected chi connectivity index (χ0v) is 13.0. The Labute approximate surface area is 127 Å². The maximum absolute atomic E-state index is 12.2. The Hall–Kier alpha value is -0.940. The van der Waals surface area contributed by atoms with Gasteiger partial charge in [0.2, 0.25) is 11.8 Å². The Morgan fingerprint density at radius 2 is 2.00 bits per heavy atom. The molecular weight excluding hydrogens is 266 g/mol. The lowest BCUT2D eigenvalue weighted by atomic mass is 10.0. The first-order valence-corrected chi connectivity index (χ1v) is 8.50. The minimum atomic E-state index is -0.267. The monoisotopic (exact) mass is 293 g/mol. The molecule has 0 aromatic carbocycles. The quantitative estimate of drug-likeness (QED) is 0.589. The molecule has 2 heterocycles. The lowest BCUT2D eigenvalue weighted by molar-refractivity contribution is -0.139. The van der Waals surface area contributed by atoms with E-state index in [1.807, 2.05) is 0 Å². The van der Waals surface area contributed by atoms with Gasteiger partial charge >= 0.3 is 0 Å². The first-order chi connectivity index (χ1) is 10.2. The summed E-state index contributed by atoms with van der Waals surface area (Å²) in [4.78, 5) is 28.1. The van der Waals surface area contributed by atoms with Gasteiger partial charge < -0.3 is 10.2 Å². The molecule has 0 spiro atoms. The Morgan fingerprint density at radius 1 is 1.19 bits per heavy atom. The van der Waals surface area contributed by atoms with Crippen molar-refractivity contribution >= 4 is 11.8 Å². The average molecular weight is 293 g/mol. The topological polar surface area (TPSA) is 52.7 Å². The van der Waals surface area contributed by atoms with E-state index in [2.05, 4.69) is 17.1 Å². The fraction of sp³-hybridized carbons (Fsp3) is 0.875. The molecule has 2 aliphatic heterocycles. The molecule has 0 radical (unpaired) electrons. The molecule has 3 aliphatic rings. The summed E-state index contributed by atoms with van der Waals surface area (Å²) in [5.74, 6) is 0.0264. The molecule has 3 rings (SSSR count). The summed E-state index contributed by atoms with van der Waals surface area (Å²) < 4.78 is 0. The second-order valence-electron chi connectivity index (χ2n) is 6.78. The van der Waals surface area contributed by atoms with Gasteiger partial charge in [-0.25, -0.2) is 0 Å². The summed E-state index contributed by atoms with van der Waals surface area (Å²) in [6, 6.07) is 0.640. The third-order valence-electron chi connectivity index (χ3n) is 5.05. The fourth-order valence-electron chi connectivity index (χ4n) is 3.58. The highest BCUT2D eigenvalue weighted by Gasteiger charge is 2.45. The molecule has 0 aromatic heterocycles. The van der Waals surface area contributed by atoms with Crippen LogP contribution in [0.5, 0.6) is 0 Å². The van der Waals surface area contributed by atoms with Crippen LogP contribution >= 0.6 is 0 Å². The van der Waals surface area contributed by atoms with Gasteiger partial charge in [0.25, 0.3) is 0 Å². The van der Waals surface area contributed by atoms with E-state index >= 15 is 0 Å². The van der Waals surface area contributed by atoms with E-state index in [4.69, 9.17) is 0 Å². The van der Waals surface area contributed by atoms with E-state index in [1.54, 1.807) is 0 Å². The Bertz CT molecular complexity index is 408. The van der Waals surface area contributed by atoms with Crippen molar-refractivity contribution in [2.75, 3.05) is 19.6 Å². The molecule has 5 heteroatoms. The van der Waals surface area contributed by atoms with E-state index in [1.165, 1.54) is 30.7 Å². The molecule has 2 unspecified atom stereocenters. The first-order valence-electron chi connectivity index (χ1n) is 8.50. The van der Waals surface area contributed by atoms with Crippen molar-refractivity contribution in [1.82, 2.24) is 15.1 Å². The van der Waals surface area contributed by atoms with Crippen LogP contribution in [0.25, 0.3) is 0 Å². The smallest absolute Gasteiger partial charge is 0.247 e. The van der Waals surface area contributed by atoms with Crippen LogP contribution in [0.3, 0.4) is 0 Å². The van der Waals surface area contributed by atoms with Crippen molar-refractivity contribution in [3.05, 3.63) is 0 Å². The van der Waals surface area contributed by atoms with Crippen LogP contribution in [-0.2, 0) is 9.59 Å². The zero-order valence-electron chi connectivity index (χ0n) is 13.0. The molecule has 5 nitrogen and oxygen atoms in total. The van der Waals surface area contributed by atoms with Crippen molar-refractivity contribution in [2.24, 2.45) is 0 Å². The molecule has 21 heavy (non-hydrogen) atoms. The number of carbonyl (C=O) groups excluding carboxylic acids is 2. The zero-order chi connectivity index (χ0) is 14.8. The van der Waals surface area contributed by atoms with Gasteiger partial charge in [0.05, 0.1) is 12.5 Å². The van der Waals surface area contributed by atoms with Crippen molar-refractivity contribution in [1.29, 1.82) is 0 Å². The Kier molecular flexibility index (Phi) is 4.60. The second kappa shape index (κ2) is 6.44. The standard InChI is InChI=1S/C16H27N3O2/c1-12-5-2-3-9-18(12)10-4-8-17-14-11-15(20)19(16(14)21)13-6-7-13/h12-14,17H,2-11H2,1H3. The van der Waals surface area contributed by atoms with E-state index in [-0.39, 0.29) is 23.9 Å². The van der Waals surface area contributed by atoms with Gasteiger partial charge in [-0.1, -0.05) is 6.42 Å². The number of hydrogen-bond acceptors (Lipinski definition) is 4. The molecule has 1 aliphatic carbocycles. The third-order valence-corrected chi connectivity index (χ3v) is 5.05. The molecular formula is C16H27N3O2. The number of carbonyl (C=O) groups is 2. The molecule has 1 N–H and O–H groups in total. The van der Waals surface area contributed by atoms with Crippen LogP contribution in [0, 0.1) is 0 Å². The lowest BCUT2D eigenvalue weighted by Gasteiger charge is -2.33. The van der Waals surface area contributed by atoms with Crippen molar-refractivity contribution < 1.29 is 9.59 Å².